The summed E-state index contributed by atoms with van der Waals surface area (Å²) >= 11 is 0. The van der Waals surface area contributed by atoms with Gasteiger partial charge < -0.3 is 24.6 Å². The third-order valence-corrected chi connectivity index (χ3v) is 8.59. The predicted molar refractivity (Wildman–Crippen MR) is 161 cm³/mol. The molecule has 2 amide bonds. The number of aromatic nitrogens is 3. The number of imidazole rings is 1. The average Bonchev–Trinajstić information content (AvgIpc) is 3.31. The average molecular weight is 588 g/mol. The molecule has 0 unspecified atom stereocenters. The van der Waals surface area contributed by atoms with Crippen LogP contribution < -0.4 is 15.9 Å². The minimum atomic E-state index is -0.712. The van der Waals surface area contributed by atoms with Crippen molar-refractivity contribution in [3.05, 3.63) is 87.6 Å². The molecule has 0 radical (unpaired) electrons. The molecule has 5 rings (SSSR count). The van der Waals surface area contributed by atoms with Crippen LogP contribution in [-0.2, 0) is 11.4 Å². The Morgan fingerprint density at radius 3 is 2.53 bits per heavy atom. The molecule has 1 aliphatic heterocycles. The van der Waals surface area contributed by atoms with Crippen LogP contribution >= 0.6 is 0 Å². The Morgan fingerprint density at radius 1 is 1.14 bits per heavy atom. The number of carbonyl (C=O) groups excluding carboxylic acids is 2. The smallest absolute Gasteiger partial charge is 0.434 e. The van der Waals surface area contributed by atoms with E-state index in [4.69, 9.17) is 9.57 Å². The maximum atomic E-state index is 13.3. The number of aryl methyl sites for hydroxylation is 1. The number of amides is 2. The van der Waals surface area contributed by atoms with Crippen LogP contribution in [0.1, 0.15) is 73.8 Å². The topological polar surface area (TPSA) is 150 Å². The maximum absolute atomic E-state index is 13.3. The van der Waals surface area contributed by atoms with E-state index in [1.165, 1.54) is 0 Å². The molecule has 4 aromatic rings. The zero-order valence-electron chi connectivity index (χ0n) is 25.0. The number of nitrogens with zero attached hydrogens (tertiary/aromatic N) is 2. The predicted octanol–water partition coefficient (Wildman–Crippen LogP) is 5.31. The van der Waals surface area contributed by atoms with Crippen molar-refractivity contribution in [1.82, 2.24) is 25.3 Å². The van der Waals surface area contributed by atoms with E-state index in [0.29, 0.717) is 43.0 Å². The van der Waals surface area contributed by atoms with Gasteiger partial charge in [-0.15, -0.1) is 0 Å². The number of piperidine rings is 1. The molecule has 3 heterocycles. The first-order valence-corrected chi connectivity index (χ1v) is 14.2. The lowest BCUT2D eigenvalue weighted by atomic mass is 9.66. The summed E-state index contributed by atoms with van der Waals surface area (Å²) in [5, 5.41) is 11.2. The highest BCUT2D eigenvalue weighted by Crippen LogP contribution is 2.47. The van der Waals surface area contributed by atoms with Crippen molar-refractivity contribution in [2.75, 3.05) is 6.54 Å². The third kappa shape index (κ3) is 6.06. The van der Waals surface area contributed by atoms with Gasteiger partial charge in [0.05, 0.1) is 11.2 Å². The number of aromatic amines is 2. The quantitative estimate of drug-likeness (QED) is 0.231. The number of pyridine rings is 1. The van der Waals surface area contributed by atoms with Gasteiger partial charge in [-0.1, -0.05) is 39.0 Å². The number of hydroxylamine groups is 1. The second-order valence-corrected chi connectivity index (χ2v) is 12.3. The lowest BCUT2D eigenvalue weighted by molar-refractivity contribution is -0.0397. The van der Waals surface area contributed by atoms with Crippen molar-refractivity contribution in [1.29, 1.82) is 0 Å². The van der Waals surface area contributed by atoms with Crippen LogP contribution in [0, 0.1) is 12.3 Å². The number of ether oxygens (including phenoxy) is 1. The SMILES string of the molecule is Cc1cc(COc2ccc(C(=O)NOC(=O)N3CC[C@H](c4[nH]c(=O)[nH]c4O)C[C@]3(C)C(C)(C)C)cc2)c2ccccc2n1. The van der Waals surface area contributed by atoms with Crippen molar-refractivity contribution in [3.8, 4) is 11.6 Å². The van der Waals surface area contributed by atoms with E-state index in [-0.39, 0.29) is 11.8 Å². The summed E-state index contributed by atoms with van der Waals surface area (Å²) in [6.07, 6.45) is 0.277. The summed E-state index contributed by atoms with van der Waals surface area (Å²) in [7, 11) is 0. The highest BCUT2D eigenvalue weighted by molar-refractivity contribution is 5.94. The van der Waals surface area contributed by atoms with Crippen LogP contribution in [0.15, 0.2) is 59.4 Å². The highest BCUT2D eigenvalue weighted by atomic mass is 16.7. The number of fused-ring (bicyclic) bond motifs is 1. The van der Waals surface area contributed by atoms with E-state index >= 15 is 0 Å². The second kappa shape index (κ2) is 11.5. The monoisotopic (exact) mass is 587 g/mol. The van der Waals surface area contributed by atoms with Crippen molar-refractivity contribution in [2.24, 2.45) is 5.41 Å². The number of hydrogen-bond acceptors (Lipinski definition) is 7. The summed E-state index contributed by atoms with van der Waals surface area (Å²) in [5.74, 6) is -0.348. The van der Waals surface area contributed by atoms with E-state index in [1.807, 2.05) is 65.0 Å². The fourth-order valence-corrected chi connectivity index (χ4v) is 5.74. The first kappa shape index (κ1) is 29.7. The Kier molecular flexibility index (Phi) is 7.92. The molecule has 1 saturated heterocycles. The van der Waals surface area contributed by atoms with E-state index in [1.54, 1.807) is 29.2 Å². The van der Waals surface area contributed by atoms with Gasteiger partial charge in [0.2, 0.25) is 5.88 Å². The Balaban J connectivity index is 1.20. The molecule has 2 aromatic carbocycles. The van der Waals surface area contributed by atoms with Crippen LogP contribution in [-0.4, -0.2) is 49.0 Å². The normalized spacial score (nSPS) is 18.8. The van der Waals surface area contributed by atoms with Crippen LogP contribution in [0.4, 0.5) is 4.79 Å². The molecule has 1 aliphatic rings. The minimum absolute atomic E-state index is 0.177. The van der Waals surface area contributed by atoms with Crippen LogP contribution in [0.25, 0.3) is 10.9 Å². The Hall–Kier alpha value is -4.80. The molecule has 0 aliphatic carbocycles. The maximum Gasteiger partial charge on any atom is 0.434 e. The van der Waals surface area contributed by atoms with Crippen LogP contribution in [0.5, 0.6) is 11.6 Å². The Bertz CT molecular complexity index is 1700. The molecule has 2 atom stereocenters. The van der Waals surface area contributed by atoms with Crippen molar-refractivity contribution >= 4 is 22.9 Å². The fraction of sp³-hybridized carbons (Fsp3) is 0.375. The van der Waals surface area contributed by atoms with Gasteiger partial charge in [-0.2, -0.15) is 5.48 Å². The van der Waals surface area contributed by atoms with Crippen LogP contribution in [0.3, 0.4) is 0 Å². The van der Waals surface area contributed by atoms with Gasteiger partial charge in [0.25, 0.3) is 5.91 Å². The number of hydrogen-bond donors (Lipinski definition) is 4. The van der Waals surface area contributed by atoms with Crippen molar-refractivity contribution in [2.45, 2.75) is 65.5 Å². The lowest BCUT2D eigenvalue weighted by Gasteiger charge is -2.53. The molecule has 2 aromatic heterocycles. The molecular formula is C32H37N5O6. The number of benzene rings is 2. The van der Waals surface area contributed by atoms with Gasteiger partial charge in [0.1, 0.15) is 12.4 Å². The highest BCUT2D eigenvalue weighted by Gasteiger charge is 2.50. The Morgan fingerprint density at radius 2 is 1.86 bits per heavy atom. The largest absolute Gasteiger partial charge is 0.493 e. The summed E-state index contributed by atoms with van der Waals surface area (Å²) in [4.78, 5) is 54.3. The minimum Gasteiger partial charge on any atom is -0.493 e. The molecule has 0 spiro atoms. The number of para-hydroxylation sites is 1. The van der Waals surface area contributed by atoms with E-state index in [9.17, 15) is 19.5 Å². The van der Waals surface area contributed by atoms with E-state index < -0.39 is 28.6 Å². The first-order valence-electron chi connectivity index (χ1n) is 14.2. The number of likely N-dealkylation sites (tertiary alicyclic amines) is 1. The second-order valence-electron chi connectivity index (χ2n) is 12.3. The van der Waals surface area contributed by atoms with Gasteiger partial charge in [-0.3, -0.25) is 14.8 Å². The van der Waals surface area contributed by atoms with Gasteiger partial charge >= 0.3 is 11.8 Å². The van der Waals surface area contributed by atoms with Gasteiger partial charge in [-0.05, 0) is 68.5 Å². The Labute approximate surface area is 249 Å². The number of carbonyl (C=O) groups is 2. The molecule has 11 heteroatoms. The summed E-state index contributed by atoms with van der Waals surface area (Å²) < 4.78 is 5.98. The molecule has 0 saturated carbocycles. The van der Waals surface area contributed by atoms with Gasteiger partial charge in [0.15, 0.2) is 0 Å². The van der Waals surface area contributed by atoms with E-state index in [0.717, 1.165) is 22.2 Å². The zero-order chi connectivity index (χ0) is 30.9. The number of aromatic hydroxyl groups is 1. The van der Waals surface area contributed by atoms with E-state index in [2.05, 4.69) is 20.4 Å². The summed E-state index contributed by atoms with van der Waals surface area (Å²) in [6, 6.07) is 16.5. The van der Waals surface area contributed by atoms with Gasteiger partial charge in [0, 0.05) is 40.2 Å². The molecule has 0 bridgehead atoms. The molecule has 43 heavy (non-hydrogen) atoms. The number of H-pyrrole nitrogens is 2. The molecule has 11 nitrogen and oxygen atoms in total. The summed E-state index contributed by atoms with van der Waals surface area (Å²) in [5.41, 5.74) is 4.25. The fourth-order valence-electron chi connectivity index (χ4n) is 5.74. The number of rotatable bonds is 5. The molecule has 4 N–H and O–H groups in total. The number of nitrogens with one attached hydrogen (secondary N) is 3. The van der Waals surface area contributed by atoms with Crippen LogP contribution in [0.2, 0.25) is 0 Å². The third-order valence-electron chi connectivity index (χ3n) is 8.59. The zero-order valence-corrected chi connectivity index (χ0v) is 25.0. The lowest BCUT2D eigenvalue weighted by Crippen LogP contribution is -2.61. The summed E-state index contributed by atoms with van der Waals surface area (Å²) in [6.45, 7) is 10.6. The van der Waals surface area contributed by atoms with Crippen molar-refractivity contribution < 1.29 is 24.3 Å². The molecule has 226 valence electrons. The van der Waals surface area contributed by atoms with Gasteiger partial charge in [-0.25, -0.2) is 9.59 Å². The molecular weight excluding hydrogens is 550 g/mol. The molecule has 1 fully saturated rings. The van der Waals surface area contributed by atoms with Crippen molar-refractivity contribution in [3.63, 3.8) is 0 Å². The standard InChI is InChI=1S/C32H37N5O6/c1-19-16-22(24-8-6-7-9-25(24)33-19)18-42-23-12-10-20(11-13-23)27(38)36-43-30(41)37-15-14-21(17-32(37,5)31(2,3)4)26-28(39)35-29(40)34-26/h6-13,16,21,39H,14-15,17-18H2,1-5H3,(H,36,38)(H2,34,35,40)/t21-,32+/m0/s1. The first-order chi connectivity index (χ1) is 20.4.